The highest BCUT2D eigenvalue weighted by atomic mass is 35.5. The molecule has 2 aromatic rings. The summed E-state index contributed by atoms with van der Waals surface area (Å²) < 4.78 is 30.3. The van der Waals surface area contributed by atoms with Crippen molar-refractivity contribution in [1.29, 1.82) is 0 Å². The topological polar surface area (TPSA) is 56.8 Å². The number of carbonyl (C=O) groups excluding carboxylic acids is 1. The van der Waals surface area contributed by atoms with Crippen LogP contribution in [0.25, 0.3) is 0 Å². The van der Waals surface area contributed by atoms with Crippen LogP contribution in [0.5, 0.6) is 11.5 Å². The molecule has 0 unspecified atom stereocenters. The van der Waals surface area contributed by atoms with Gasteiger partial charge in [0.2, 0.25) is 0 Å². The number of halogens is 2. The van der Waals surface area contributed by atoms with Gasteiger partial charge in [-0.05, 0) is 56.0 Å². The number of nitrogens with one attached hydrogen (secondary N) is 1. The van der Waals surface area contributed by atoms with Crippen LogP contribution in [-0.4, -0.2) is 38.9 Å². The maximum atomic E-state index is 13.4. The first-order chi connectivity index (χ1) is 15.0. The lowest BCUT2D eigenvalue weighted by Gasteiger charge is -2.38. The molecule has 1 fully saturated rings. The van der Waals surface area contributed by atoms with Crippen molar-refractivity contribution in [3.05, 3.63) is 58.4 Å². The van der Waals surface area contributed by atoms with Crippen LogP contribution in [-0.2, 0) is 10.2 Å². The van der Waals surface area contributed by atoms with Crippen LogP contribution in [0.15, 0.2) is 36.4 Å². The molecule has 0 radical (unpaired) electrons. The van der Waals surface area contributed by atoms with E-state index < -0.39 is 0 Å². The summed E-state index contributed by atoms with van der Waals surface area (Å²) in [6, 6.07) is 9.74. The molecule has 1 saturated heterocycles. The zero-order chi connectivity index (χ0) is 22.3. The van der Waals surface area contributed by atoms with Crippen LogP contribution in [0.3, 0.4) is 0 Å². The normalized spacial score (nSPS) is 15.4. The monoisotopic (exact) mass is 449 g/mol. The first-order valence-electron chi connectivity index (χ1n) is 10.7. The van der Waals surface area contributed by atoms with E-state index in [2.05, 4.69) is 5.32 Å². The van der Waals surface area contributed by atoms with Crippen molar-refractivity contribution in [2.75, 3.05) is 33.0 Å². The molecule has 1 aliphatic rings. The molecule has 1 aliphatic heterocycles. The number of ether oxygens (including phenoxy) is 3. The molecule has 1 amide bonds. The van der Waals surface area contributed by atoms with Crippen LogP contribution in [0.4, 0.5) is 4.39 Å². The van der Waals surface area contributed by atoms with Gasteiger partial charge >= 0.3 is 0 Å². The zero-order valence-corrected chi connectivity index (χ0v) is 18.8. The summed E-state index contributed by atoms with van der Waals surface area (Å²) in [6.45, 7) is 6.40. The highest BCUT2D eigenvalue weighted by molar-refractivity contribution is 6.32. The number of hydrogen-bond donors (Lipinski definition) is 1. The van der Waals surface area contributed by atoms with Crippen LogP contribution in [0.1, 0.15) is 49.0 Å². The molecule has 0 aliphatic carbocycles. The van der Waals surface area contributed by atoms with Gasteiger partial charge in [0.05, 0.1) is 18.2 Å². The van der Waals surface area contributed by atoms with Crippen LogP contribution in [0.2, 0.25) is 5.02 Å². The van der Waals surface area contributed by atoms with Gasteiger partial charge in [0, 0.05) is 30.7 Å². The van der Waals surface area contributed by atoms with Crippen LogP contribution >= 0.6 is 11.6 Å². The van der Waals surface area contributed by atoms with Gasteiger partial charge in [-0.25, -0.2) is 4.39 Å². The van der Waals surface area contributed by atoms with Gasteiger partial charge in [-0.3, -0.25) is 4.79 Å². The lowest BCUT2D eigenvalue weighted by molar-refractivity contribution is 0.0487. The second kappa shape index (κ2) is 10.8. The van der Waals surface area contributed by atoms with Crippen molar-refractivity contribution in [2.45, 2.75) is 38.5 Å². The summed E-state index contributed by atoms with van der Waals surface area (Å²) in [7, 11) is 0. The minimum Gasteiger partial charge on any atom is -0.490 e. The van der Waals surface area contributed by atoms with E-state index in [0.29, 0.717) is 55.1 Å². The van der Waals surface area contributed by atoms with E-state index >= 15 is 0 Å². The van der Waals surface area contributed by atoms with E-state index in [0.717, 1.165) is 24.8 Å². The van der Waals surface area contributed by atoms with E-state index in [9.17, 15) is 9.18 Å². The second-order valence-corrected chi connectivity index (χ2v) is 8.06. The highest BCUT2D eigenvalue weighted by Crippen LogP contribution is 2.37. The predicted octanol–water partition coefficient (Wildman–Crippen LogP) is 5.14. The minimum absolute atomic E-state index is 0.252. The Hall–Kier alpha value is -2.31. The summed E-state index contributed by atoms with van der Waals surface area (Å²) in [5.74, 6) is 0.374. The fourth-order valence-corrected chi connectivity index (χ4v) is 4.06. The molecule has 0 spiro atoms. The molecule has 1 heterocycles. The standard InChI is InChI=1S/C24H29ClFNO4/c1-3-11-31-22-20(25)14-17(15-21(22)30-4-2)23(28)27-16-24(9-12-29-13-10-24)18-5-7-19(26)8-6-18/h5-8,14-15H,3-4,9-13,16H2,1-2H3,(H,27,28). The molecule has 3 rings (SSSR count). The zero-order valence-electron chi connectivity index (χ0n) is 18.0. The Labute approximate surface area is 187 Å². The summed E-state index contributed by atoms with van der Waals surface area (Å²) >= 11 is 6.40. The molecule has 5 nitrogen and oxygen atoms in total. The maximum Gasteiger partial charge on any atom is 0.251 e. The molecule has 0 atom stereocenters. The van der Waals surface area contributed by atoms with E-state index in [1.165, 1.54) is 12.1 Å². The molecule has 2 aromatic carbocycles. The van der Waals surface area contributed by atoms with Crippen molar-refractivity contribution >= 4 is 17.5 Å². The van der Waals surface area contributed by atoms with Crippen molar-refractivity contribution in [3.8, 4) is 11.5 Å². The average Bonchev–Trinajstić information content (AvgIpc) is 2.78. The number of amides is 1. The molecule has 0 bridgehead atoms. The summed E-state index contributed by atoms with van der Waals surface area (Å²) in [5, 5.41) is 3.38. The first kappa shape index (κ1) is 23.4. The Morgan fingerprint density at radius 2 is 1.87 bits per heavy atom. The van der Waals surface area contributed by atoms with Gasteiger partial charge in [-0.1, -0.05) is 30.7 Å². The number of carbonyl (C=O) groups is 1. The Bertz CT molecular complexity index is 882. The largest absolute Gasteiger partial charge is 0.490 e. The summed E-state index contributed by atoms with van der Waals surface area (Å²) in [5.41, 5.74) is 1.09. The van der Waals surface area contributed by atoms with Crippen molar-refractivity contribution < 1.29 is 23.4 Å². The molecule has 168 valence electrons. The molecule has 7 heteroatoms. The fourth-order valence-electron chi connectivity index (χ4n) is 3.79. The van der Waals surface area contributed by atoms with E-state index in [1.807, 2.05) is 13.8 Å². The lowest BCUT2D eigenvalue weighted by Crippen LogP contribution is -2.44. The molecule has 0 saturated carbocycles. The van der Waals surface area contributed by atoms with Gasteiger partial charge < -0.3 is 19.5 Å². The van der Waals surface area contributed by atoms with Gasteiger partial charge in [0.15, 0.2) is 11.5 Å². The second-order valence-electron chi connectivity index (χ2n) is 7.65. The Kier molecular flexibility index (Phi) is 8.15. The number of hydrogen-bond acceptors (Lipinski definition) is 4. The smallest absolute Gasteiger partial charge is 0.251 e. The van der Waals surface area contributed by atoms with Gasteiger partial charge in [-0.2, -0.15) is 0 Å². The quantitative estimate of drug-likeness (QED) is 0.575. The fraction of sp³-hybridized carbons (Fsp3) is 0.458. The molecular weight excluding hydrogens is 421 g/mol. The van der Waals surface area contributed by atoms with E-state index in [4.69, 9.17) is 25.8 Å². The molecule has 31 heavy (non-hydrogen) atoms. The number of benzene rings is 2. The van der Waals surface area contributed by atoms with Crippen LogP contribution in [0, 0.1) is 5.82 Å². The first-order valence-corrected chi connectivity index (χ1v) is 11.1. The third-order valence-corrected chi connectivity index (χ3v) is 5.80. The third-order valence-electron chi connectivity index (χ3n) is 5.52. The Balaban J connectivity index is 1.80. The van der Waals surface area contributed by atoms with Gasteiger partial charge in [-0.15, -0.1) is 0 Å². The third kappa shape index (κ3) is 5.69. The van der Waals surface area contributed by atoms with Crippen molar-refractivity contribution in [1.82, 2.24) is 5.32 Å². The SMILES string of the molecule is CCCOc1c(Cl)cc(C(=O)NCC2(c3ccc(F)cc3)CCOCC2)cc1OCC. The van der Waals surface area contributed by atoms with Crippen molar-refractivity contribution in [3.63, 3.8) is 0 Å². The predicted molar refractivity (Wildman–Crippen MR) is 119 cm³/mol. The minimum atomic E-state index is -0.307. The highest BCUT2D eigenvalue weighted by Gasteiger charge is 2.35. The molecule has 1 N–H and O–H groups in total. The van der Waals surface area contributed by atoms with Gasteiger partial charge in [0.1, 0.15) is 5.82 Å². The van der Waals surface area contributed by atoms with Crippen molar-refractivity contribution in [2.24, 2.45) is 0 Å². The Morgan fingerprint density at radius 1 is 1.16 bits per heavy atom. The molecule has 0 aromatic heterocycles. The summed E-state index contributed by atoms with van der Waals surface area (Å²) in [6.07, 6.45) is 2.32. The Morgan fingerprint density at radius 3 is 2.52 bits per heavy atom. The van der Waals surface area contributed by atoms with Gasteiger partial charge in [0.25, 0.3) is 5.91 Å². The number of rotatable bonds is 9. The lowest BCUT2D eigenvalue weighted by atomic mass is 9.74. The molecular formula is C24H29ClFNO4. The average molecular weight is 450 g/mol. The van der Waals surface area contributed by atoms with E-state index in [1.54, 1.807) is 24.3 Å². The van der Waals surface area contributed by atoms with Crippen LogP contribution < -0.4 is 14.8 Å². The van der Waals surface area contributed by atoms with E-state index in [-0.39, 0.29) is 17.1 Å². The maximum absolute atomic E-state index is 13.4. The summed E-state index contributed by atoms with van der Waals surface area (Å²) in [4.78, 5) is 13.0.